The van der Waals surface area contributed by atoms with Gasteiger partial charge < -0.3 is 0 Å². The van der Waals surface area contributed by atoms with Crippen LogP contribution in [0.1, 0.15) is 54.4 Å². The molecule has 5 heteroatoms. The number of hydrogen-bond acceptors (Lipinski definition) is 3. The molecule has 0 aromatic carbocycles. The van der Waals surface area contributed by atoms with Crippen LogP contribution in [0.2, 0.25) is 0 Å². The standard InChI is InChI=1S/C14H30N2O2S/c1-13(2,3)15-10-8-12(15)9-11-16(14(4,5)6)19(7,17)18/h12H,8-11H2,1-7H3. The van der Waals surface area contributed by atoms with E-state index in [4.69, 9.17) is 0 Å². The molecule has 1 heterocycles. The second kappa shape index (κ2) is 5.34. The van der Waals surface area contributed by atoms with Crippen molar-refractivity contribution in [3.63, 3.8) is 0 Å². The lowest BCUT2D eigenvalue weighted by Crippen LogP contribution is -2.58. The molecule has 1 atom stereocenters. The summed E-state index contributed by atoms with van der Waals surface area (Å²) in [4.78, 5) is 2.47. The molecule has 0 spiro atoms. The van der Waals surface area contributed by atoms with Crippen LogP contribution in [0.25, 0.3) is 0 Å². The van der Waals surface area contributed by atoms with Gasteiger partial charge in [-0.3, -0.25) is 4.90 Å². The van der Waals surface area contributed by atoms with Gasteiger partial charge in [0.05, 0.1) is 6.26 Å². The van der Waals surface area contributed by atoms with Gasteiger partial charge in [0, 0.05) is 30.2 Å². The summed E-state index contributed by atoms with van der Waals surface area (Å²) < 4.78 is 25.4. The van der Waals surface area contributed by atoms with Crippen LogP contribution in [-0.2, 0) is 10.0 Å². The highest BCUT2D eigenvalue weighted by Gasteiger charge is 2.37. The van der Waals surface area contributed by atoms with E-state index < -0.39 is 10.0 Å². The predicted octanol–water partition coefficient (Wildman–Crippen LogP) is 2.31. The highest BCUT2D eigenvalue weighted by molar-refractivity contribution is 7.88. The summed E-state index contributed by atoms with van der Waals surface area (Å²) in [7, 11) is -3.14. The first kappa shape index (κ1) is 16.9. The Kier molecular flexibility index (Phi) is 4.75. The summed E-state index contributed by atoms with van der Waals surface area (Å²) in [6.07, 6.45) is 3.40. The van der Waals surface area contributed by atoms with Gasteiger partial charge in [0.2, 0.25) is 10.0 Å². The zero-order chi connectivity index (χ0) is 15.1. The largest absolute Gasteiger partial charge is 0.295 e. The quantitative estimate of drug-likeness (QED) is 0.798. The molecule has 0 aromatic rings. The van der Waals surface area contributed by atoms with E-state index in [1.807, 2.05) is 20.8 Å². The van der Waals surface area contributed by atoms with Crippen molar-refractivity contribution >= 4 is 10.0 Å². The number of nitrogens with zero attached hydrogens (tertiary/aromatic N) is 2. The molecule has 0 aliphatic carbocycles. The van der Waals surface area contributed by atoms with Gasteiger partial charge in [0.25, 0.3) is 0 Å². The molecule has 0 bridgehead atoms. The van der Waals surface area contributed by atoms with Crippen molar-refractivity contribution in [2.75, 3.05) is 19.3 Å². The molecule has 0 radical (unpaired) electrons. The highest BCUT2D eigenvalue weighted by Crippen LogP contribution is 2.30. The first-order valence-electron chi connectivity index (χ1n) is 7.08. The lowest BCUT2D eigenvalue weighted by molar-refractivity contribution is -0.00612. The molecular formula is C14H30N2O2S. The van der Waals surface area contributed by atoms with Crippen molar-refractivity contribution in [2.24, 2.45) is 0 Å². The van der Waals surface area contributed by atoms with Crippen LogP contribution in [0.3, 0.4) is 0 Å². The van der Waals surface area contributed by atoms with Gasteiger partial charge in [-0.05, 0) is 54.4 Å². The minimum Gasteiger partial charge on any atom is -0.295 e. The third-order valence-electron chi connectivity index (χ3n) is 3.82. The van der Waals surface area contributed by atoms with Crippen molar-refractivity contribution < 1.29 is 8.42 Å². The minimum atomic E-state index is -3.14. The topological polar surface area (TPSA) is 40.6 Å². The van der Waals surface area contributed by atoms with Crippen molar-refractivity contribution in [1.29, 1.82) is 0 Å². The third-order valence-corrected chi connectivity index (χ3v) is 5.35. The molecule has 0 amide bonds. The van der Waals surface area contributed by atoms with E-state index in [0.717, 1.165) is 13.0 Å². The lowest BCUT2D eigenvalue weighted by atomic mass is 9.91. The molecule has 1 saturated heterocycles. The fourth-order valence-electron chi connectivity index (χ4n) is 2.89. The molecular weight excluding hydrogens is 260 g/mol. The zero-order valence-electron chi connectivity index (χ0n) is 13.5. The summed E-state index contributed by atoms with van der Waals surface area (Å²) in [5.74, 6) is 0. The Morgan fingerprint density at radius 2 is 1.68 bits per heavy atom. The summed E-state index contributed by atoms with van der Waals surface area (Å²) in [6.45, 7) is 14.3. The van der Waals surface area contributed by atoms with E-state index in [1.54, 1.807) is 4.31 Å². The number of likely N-dealkylation sites (tertiary alicyclic amines) is 1. The van der Waals surface area contributed by atoms with Gasteiger partial charge in [-0.15, -0.1) is 0 Å². The molecule has 114 valence electrons. The summed E-state index contributed by atoms with van der Waals surface area (Å²) >= 11 is 0. The smallest absolute Gasteiger partial charge is 0.211 e. The highest BCUT2D eigenvalue weighted by atomic mass is 32.2. The molecule has 1 fully saturated rings. The van der Waals surface area contributed by atoms with Gasteiger partial charge in [-0.25, -0.2) is 8.42 Å². The lowest BCUT2D eigenvalue weighted by Gasteiger charge is -2.50. The van der Waals surface area contributed by atoms with Crippen LogP contribution in [0, 0.1) is 0 Å². The number of hydrogen-bond donors (Lipinski definition) is 0. The first-order chi connectivity index (χ1) is 8.33. The first-order valence-corrected chi connectivity index (χ1v) is 8.93. The maximum Gasteiger partial charge on any atom is 0.211 e. The zero-order valence-corrected chi connectivity index (χ0v) is 14.3. The van der Waals surface area contributed by atoms with Crippen LogP contribution in [0.5, 0.6) is 0 Å². The molecule has 1 unspecified atom stereocenters. The van der Waals surface area contributed by atoms with Crippen molar-refractivity contribution in [3.8, 4) is 0 Å². The van der Waals surface area contributed by atoms with E-state index in [1.165, 1.54) is 12.7 Å². The van der Waals surface area contributed by atoms with Crippen LogP contribution in [0.4, 0.5) is 0 Å². The van der Waals surface area contributed by atoms with Gasteiger partial charge in [0.1, 0.15) is 0 Å². The SMILES string of the molecule is CC(C)(C)N1CCC1CCN(C(C)(C)C)S(C)(=O)=O. The number of sulfonamides is 1. The van der Waals surface area contributed by atoms with Crippen LogP contribution in [-0.4, -0.2) is 54.1 Å². The predicted molar refractivity (Wildman–Crippen MR) is 80.8 cm³/mol. The van der Waals surface area contributed by atoms with E-state index >= 15 is 0 Å². The average molecular weight is 290 g/mol. The van der Waals surface area contributed by atoms with E-state index in [2.05, 4.69) is 25.7 Å². The van der Waals surface area contributed by atoms with Crippen molar-refractivity contribution in [2.45, 2.75) is 71.5 Å². The van der Waals surface area contributed by atoms with Crippen molar-refractivity contribution in [3.05, 3.63) is 0 Å². The third kappa shape index (κ3) is 4.43. The van der Waals surface area contributed by atoms with Gasteiger partial charge in [-0.1, -0.05) is 0 Å². The fraction of sp³-hybridized carbons (Fsp3) is 1.00. The van der Waals surface area contributed by atoms with E-state index in [0.29, 0.717) is 12.6 Å². The average Bonchev–Trinajstić information content (AvgIpc) is 2.02. The van der Waals surface area contributed by atoms with Gasteiger partial charge >= 0.3 is 0 Å². The van der Waals surface area contributed by atoms with Gasteiger partial charge in [0.15, 0.2) is 0 Å². The van der Waals surface area contributed by atoms with E-state index in [9.17, 15) is 8.42 Å². The molecule has 0 saturated carbocycles. The second-order valence-electron chi connectivity index (χ2n) is 7.60. The second-order valence-corrected chi connectivity index (χ2v) is 9.51. The maximum atomic E-state index is 11.9. The Hall–Kier alpha value is -0.130. The fourth-order valence-corrected chi connectivity index (χ4v) is 4.32. The maximum absolute atomic E-state index is 11.9. The molecule has 1 rings (SSSR count). The minimum absolute atomic E-state index is 0.181. The Bertz CT molecular complexity index is 404. The Labute approximate surface area is 119 Å². The Balaban J connectivity index is 2.65. The summed E-state index contributed by atoms with van der Waals surface area (Å²) in [5.41, 5.74) is -0.162. The van der Waals surface area contributed by atoms with Crippen LogP contribution in [0.15, 0.2) is 0 Å². The normalized spacial score (nSPS) is 22.6. The molecule has 0 N–H and O–H groups in total. The monoisotopic (exact) mass is 290 g/mol. The van der Waals surface area contributed by atoms with Crippen LogP contribution < -0.4 is 0 Å². The molecule has 0 aromatic heterocycles. The van der Waals surface area contributed by atoms with Crippen LogP contribution >= 0.6 is 0 Å². The van der Waals surface area contributed by atoms with Crippen molar-refractivity contribution in [1.82, 2.24) is 9.21 Å². The molecule has 4 nitrogen and oxygen atoms in total. The summed E-state index contributed by atoms with van der Waals surface area (Å²) in [6, 6.07) is 0.520. The molecule has 1 aliphatic heterocycles. The number of rotatable bonds is 4. The Morgan fingerprint density at radius 3 is 1.95 bits per heavy atom. The molecule has 1 aliphatic rings. The molecule has 19 heavy (non-hydrogen) atoms. The van der Waals surface area contributed by atoms with Gasteiger partial charge in [-0.2, -0.15) is 4.31 Å². The Morgan fingerprint density at radius 1 is 1.16 bits per heavy atom. The van der Waals surface area contributed by atoms with E-state index in [-0.39, 0.29) is 11.1 Å². The summed E-state index contributed by atoms with van der Waals surface area (Å²) in [5, 5.41) is 0.